The summed E-state index contributed by atoms with van der Waals surface area (Å²) in [6, 6.07) is 4.63. The van der Waals surface area contributed by atoms with Crippen LogP contribution in [0.1, 0.15) is 36.0 Å². The molecule has 1 aromatic carbocycles. The van der Waals surface area contributed by atoms with Crippen molar-refractivity contribution in [1.82, 2.24) is 9.21 Å². The molecule has 0 aromatic heterocycles. The Morgan fingerprint density at radius 2 is 1.67 bits per heavy atom. The van der Waals surface area contributed by atoms with E-state index < -0.39 is 10.0 Å². The first-order valence-corrected chi connectivity index (χ1v) is 11.2. The maximum absolute atomic E-state index is 13.1. The third kappa shape index (κ3) is 4.44. The van der Waals surface area contributed by atoms with Crippen LogP contribution >= 0.6 is 0 Å². The molecule has 150 valence electrons. The van der Waals surface area contributed by atoms with E-state index in [2.05, 4.69) is 7.05 Å². The number of hydrogen-bond donors (Lipinski definition) is 1. The largest absolute Gasteiger partial charge is 0.496 e. The van der Waals surface area contributed by atoms with Crippen LogP contribution in [-0.2, 0) is 10.0 Å². The van der Waals surface area contributed by atoms with Gasteiger partial charge in [0.05, 0.1) is 50.8 Å². The smallest absolute Gasteiger partial charge is 0.257 e. The van der Waals surface area contributed by atoms with Crippen molar-refractivity contribution in [1.29, 1.82) is 0 Å². The van der Waals surface area contributed by atoms with E-state index in [9.17, 15) is 13.2 Å². The molecule has 0 bridgehead atoms. The summed E-state index contributed by atoms with van der Waals surface area (Å²) in [4.78, 5) is 16.4. The number of carbonyl (C=O) groups is 1. The van der Waals surface area contributed by atoms with E-state index in [-0.39, 0.29) is 10.8 Å². The van der Waals surface area contributed by atoms with Crippen LogP contribution in [0.4, 0.5) is 0 Å². The van der Waals surface area contributed by atoms with Crippen molar-refractivity contribution in [2.24, 2.45) is 0 Å². The Morgan fingerprint density at radius 1 is 1.04 bits per heavy atom. The highest BCUT2D eigenvalue weighted by Crippen LogP contribution is 2.26. The molecule has 0 atom stereocenters. The van der Waals surface area contributed by atoms with Gasteiger partial charge in [0.1, 0.15) is 5.75 Å². The topological polar surface area (TPSA) is 71.4 Å². The lowest BCUT2D eigenvalue weighted by atomic mass is 10.1. The van der Waals surface area contributed by atoms with Crippen molar-refractivity contribution in [3.63, 3.8) is 0 Å². The molecule has 3 rings (SSSR count). The molecule has 2 heterocycles. The number of hydrogen-bond acceptors (Lipinski definition) is 4. The highest BCUT2D eigenvalue weighted by molar-refractivity contribution is 7.89. The summed E-state index contributed by atoms with van der Waals surface area (Å²) in [6.45, 7) is 3.98. The number of amides is 1. The van der Waals surface area contributed by atoms with Crippen LogP contribution < -0.4 is 9.64 Å². The molecule has 7 nitrogen and oxygen atoms in total. The molecule has 2 fully saturated rings. The number of piperazine rings is 1. The van der Waals surface area contributed by atoms with Crippen molar-refractivity contribution < 1.29 is 22.8 Å². The van der Waals surface area contributed by atoms with Crippen molar-refractivity contribution in [3.8, 4) is 5.75 Å². The SMILES string of the molecule is COc1ccc(S(=O)(=O)N2CC[NH+](C)CC2)cc1C(=O)N1CCCCCC1. The zero-order valence-corrected chi connectivity index (χ0v) is 17.1. The molecular formula is C19H30N3O4S+. The lowest BCUT2D eigenvalue weighted by Crippen LogP contribution is -3.12. The van der Waals surface area contributed by atoms with Crippen molar-refractivity contribution in [2.45, 2.75) is 30.6 Å². The second-order valence-electron chi connectivity index (χ2n) is 7.43. The molecule has 0 unspecified atom stereocenters. The maximum Gasteiger partial charge on any atom is 0.257 e. The Balaban J connectivity index is 1.89. The predicted octanol–water partition coefficient (Wildman–Crippen LogP) is 0.230. The average molecular weight is 397 g/mol. The highest BCUT2D eigenvalue weighted by Gasteiger charge is 2.31. The summed E-state index contributed by atoms with van der Waals surface area (Å²) < 4.78 is 33.0. The summed E-state index contributed by atoms with van der Waals surface area (Å²) in [6.07, 6.45) is 4.22. The third-order valence-corrected chi connectivity index (χ3v) is 7.40. The van der Waals surface area contributed by atoms with Gasteiger partial charge in [-0.05, 0) is 31.0 Å². The van der Waals surface area contributed by atoms with Gasteiger partial charge >= 0.3 is 0 Å². The Kier molecular flexibility index (Phi) is 6.39. The minimum Gasteiger partial charge on any atom is -0.496 e. The minimum atomic E-state index is -3.61. The van der Waals surface area contributed by atoms with Gasteiger partial charge in [0.25, 0.3) is 5.91 Å². The van der Waals surface area contributed by atoms with E-state index >= 15 is 0 Å². The first-order chi connectivity index (χ1) is 12.9. The van der Waals surface area contributed by atoms with Gasteiger partial charge in [-0.1, -0.05) is 12.8 Å². The molecule has 1 amide bonds. The fraction of sp³-hybridized carbons (Fsp3) is 0.632. The Morgan fingerprint density at radius 3 is 2.26 bits per heavy atom. The number of nitrogens with one attached hydrogen (secondary N) is 1. The Labute approximate surface area is 161 Å². The summed E-state index contributed by atoms with van der Waals surface area (Å²) in [5.74, 6) is 0.277. The number of rotatable bonds is 4. The molecule has 2 saturated heterocycles. The molecule has 1 aromatic rings. The fourth-order valence-corrected chi connectivity index (χ4v) is 5.18. The molecule has 0 aliphatic carbocycles. The second-order valence-corrected chi connectivity index (χ2v) is 9.37. The zero-order chi connectivity index (χ0) is 19.4. The van der Waals surface area contributed by atoms with Gasteiger partial charge in [-0.25, -0.2) is 8.42 Å². The van der Waals surface area contributed by atoms with E-state index in [1.54, 1.807) is 12.1 Å². The van der Waals surface area contributed by atoms with E-state index in [0.717, 1.165) is 38.8 Å². The van der Waals surface area contributed by atoms with Crippen molar-refractivity contribution in [3.05, 3.63) is 23.8 Å². The first-order valence-electron chi connectivity index (χ1n) is 9.72. The monoisotopic (exact) mass is 396 g/mol. The lowest BCUT2D eigenvalue weighted by molar-refractivity contribution is -0.883. The van der Waals surface area contributed by atoms with Crippen LogP contribution in [0.3, 0.4) is 0 Å². The molecule has 2 aliphatic heterocycles. The summed E-state index contributed by atoms with van der Waals surface area (Å²) in [5.41, 5.74) is 0.334. The van der Waals surface area contributed by atoms with Gasteiger partial charge in [0.2, 0.25) is 10.0 Å². The van der Waals surface area contributed by atoms with E-state index in [1.807, 2.05) is 4.90 Å². The van der Waals surface area contributed by atoms with Gasteiger partial charge < -0.3 is 14.5 Å². The van der Waals surface area contributed by atoms with Crippen LogP contribution in [0, 0.1) is 0 Å². The molecule has 0 saturated carbocycles. The number of benzene rings is 1. The zero-order valence-electron chi connectivity index (χ0n) is 16.2. The molecule has 0 radical (unpaired) electrons. The van der Waals surface area contributed by atoms with Gasteiger partial charge in [0.15, 0.2) is 0 Å². The molecule has 27 heavy (non-hydrogen) atoms. The number of likely N-dealkylation sites (tertiary alicyclic amines) is 1. The van der Waals surface area contributed by atoms with Gasteiger partial charge in [0, 0.05) is 13.1 Å². The quantitative estimate of drug-likeness (QED) is 0.791. The Bertz CT molecular complexity index is 765. The number of sulfonamides is 1. The first kappa shape index (κ1) is 20.1. The van der Waals surface area contributed by atoms with Crippen LogP contribution in [0.5, 0.6) is 5.75 Å². The predicted molar refractivity (Wildman–Crippen MR) is 103 cm³/mol. The lowest BCUT2D eigenvalue weighted by Gasteiger charge is -2.29. The number of ether oxygens (including phenoxy) is 1. The number of nitrogens with zero attached hydrogens (tertiary/aromatic N) is 2. The fourth-order valence-electron chi connectivity index (χ4n) is 3.72. The Hall–Kier alpha value is -1.64. The van der Waals surface area contributed by atoms with E-state index in [4.69, 9.17) is 4.74 Å². The number of methoxy groups -OCH3 is 1. The summed E-state index contributed by atoms with van der Waals surface area (Å²) >= 11 is 0. The molecule has 1 N–H and O–H groups in total. The molecule has 2 aliphatic rings. The second kappa shape index (κ2) is 8.58. The highest BCUT2D eigenvalue weighted by atomic mass is 32.2. The van der Waals surface area contributed by atoms with Crippen molar-refractivity contribution >= 4 is 15.9 Å². The third-order valence-electron chi connectivity index (χ3n) is 5.51. The standard InChI is InChI=1S/C19H29N3O4S/c1-20-11-13-22(14-12-20)27(24,25)16-7-8-18(26-2)17(15-16)19(23)21-9-5-3-4-6-10-21/h7-8,15H,3-6,9-14H2,1-2H3/p+1. The van der Waals surface area contributed by atoms with Crippen molar-refractivity contribution in [2.75, 3.05) is 53.4 Å². The normalized spacial score (nSPS) is 20.3. The van der Waals surface area contributed by atoms with Gasteiger partial charge in [-0.2, -0.15) is 4.31 Å². The van der Waals surface area contributed by atoms with Gasteiger partial charge in [-0.15, -0.1) is 0 Å². The van der Waals surface area contributed by atoms with Crippen LogP contribution in [0.25, 0.3) is 0 Å². The van der Waals surface area contributed by atoms with Crippen LogP contribution in [-0.4, -0.2) is 77.0 Å². The van der Waals surface area contributed by atoms with Gasteiger partial charge in [-0.3, -0.25) is 4.79 Å². The van der Waals surface area contributed by atoms with Crippen LogP contribution in [0.15, 0.2) is 23.1 Å². The molecule has 8 heteroatoms. The average Bonchev–Trinajstić information content (AvgIpc) is 2.96. The number of carbonyl (C=O) groups excluding carboxylic acids is 1. The maximum atomic E-state index is 13.1. The summed E-state index contributed by atoms with van der Waals surface area (Å²) in [5, 5.41) is 0. The van der Waals surface area contributed by atoms with E-state index in [1.165, 1.54) is 22.4 Å². The molecular weight excluding hydrogens is 366 g/mol. The van der Waals surface area contributed by atoms with Crippen LogP contribution in [0.2, 0.25) is 0 Å². The van der Waals surface area contributed by atoms with E-state index in [0.29, 0.717) is 37.5 Å². The minimum absolute atomic E-state index is 0.145. The molecule has 0 spiro atoms. The number of likely N-dealkylation sites (N-methyl/N-ethyl adjacent to an activating group) is 1. The summed E-state index contributed by atoms with van der Waals surface area (Å²) in [7, 11) is -0.0400. The number of quaternary nitrogens is 1.